The van der Waals surface area contributed by atoms with Gasteiger partial charge in [-0.3, -0.25) is 14.5 Å². The summed E-state index contributed by atoms with van der Waals surface area (Å²) in [6, 6.07) is 6.19. The number of imidazole rings is 1. The number of aromatic nitrogens is 4. The third-order valence-electron chi connectivity index (χ3n) is 8.99. The number of hydrogen-bond donors (Lipinski definition) is 3. The molecule has 0 radical (unpaired) electrons. The second-order valence-electron chi connectivity index (χ2n) is 13.2. The zero-order valence-corrected chi connectivity index (χ0v) is 24.5. The molecule has 4 heterocycles. The molecular formula is C30H38F3N7O3. The molecule has 3 aliphatic rings. The fraction of sp³-hybridized carbons (Fsp3) is 0.600. The van der Waals surface area contributed by atoms with Gasteiger partial charge in [-0.2, -0.15) is 13.2 Å². The Labute approximate surface area is 247 Å². The van der Waals surface area contributed by atoms with E-state index in [4.69, 9.17) is 15.5 Å². The van der Waals surface area contributed by atoms with Gasteiger partial charge in [0.05, 0.1) is 18.6 Å². The number of anilines is 1. The fourth-order valence-electron chi connectivity index (χ4n) is 6.43. The summed E-state index contributed by atoms with van der Waals surface area (Å²) in [5.74, 6) is 0.441. The second kappa shape index (κ2) is 11.1. The minimum absolute atomic E-state index is 0.0481. The third-order valence-corrected chi connectivity index (χ3v) is 8.99. The molecule has 43 heavy (non-hydrogen) atoms. The van der Waals surface area contributed by atoms with Crippen molar-refractivity contribution in [1.29, 1.82) is 0 Å². The van der Waals surface area contributed by atoms with Crippen molar-refractivity contribution in [3.63, 3.8) is 0 Å². The molecular weight excluding hydrogens is 563 g/mol. The van der Waals surface area contributed by atoms with Crippen molar-refractivity contribution in [2.75, 3.05) is 18.8 Å². The van der Waals surface area contributed by atoms with E-state index in [0.717, 1.165) is 30.7 Å². The van der Waals surface area contributed by atoms with Gasteiger partial charge in [0.15, 0.2) is 17.7 Å². The highest BCUT2D eigenvalue weighted by Gasteiger charge is 2.48. The summed E-state index contributed by atoms with van der Waals surface area (Å²) in [4.78, 5) is 18.4. The van der Waals surface area contributed by atoms with E-state index in [9.17, 15) is 23.4 Å². The summed E-state index contributed by atoms with van der Waals surface area (Å²) in [6.07, 6.45) is -2.96. The van der Waals surface area contributed by atoms with E-state index in [1.807, 2.05) is 0 Å². The Morgan fingerprint density at radius 3 is 2.58 bits per heavy atom. The van der Waals surface area contributed by atoms with Crippen LogP contribution in [0.5, 0.6) is 0 Å². The van der Waals surface area contributed by atoms with Crippen molar-refractivity contribution in [3.05, 3.63) is 42.0 Å². The van der Waals surface area contributed by atoms with E-state index in [0.29, 0.717) is 29.9 Å². The molecule has 0 amide bonds. The van der Waals surface area contributed by atoms with E-state index < -0.39 is 37.3 Å². The van der Waals surface area contributed by atoms with Gasteiger partial charge >= 0.3 is 6.18 Å². The first-order valence-corrected chi connectivity index (χ1v) is 14.7. The number of alkyl halides is 3. The number of aliphatic hydroxyl groups is 2. The monoisotopic (exact) mass is 601 g/mol. The quantitative estimate of drug-likeness (QED) is 0.352. The van der Waals surface area contributed by atoms with Crippen LogP contribution in [-0.4, -0.2) is 84.0 Å². The molecule has 1 aromatic carbocycles. The highest BCUT2D eigenvalue weighted by Crippen LogP contribution is 2.40. The van der Waals surface area contributed by atoms with E-state index in [2.05, 4.69) is 53.9 Å². The molecule has 10 nitrogen and oxygen atoms in total. The molecule has 1 saturated carbocycles. The van der Waals surface area contributed by atoms with Crippen LogP contribution in [0.25, 0.3) is 11.2 Å². The fourth-order valence-corrected chi connectivity index (χ4v) is 6.43. The average Bonchev–Trinajstić information content (AvgIpc) is 3.58. The third kappa shape index (κ3) is 6.13. The number of nitrogens with zero attached hydrogens (tertiary/aromatic N) is 6. The maximum Gasteiger partial charge on any atom is 0.401 e. The summed E-state index contributed by atoms with van der Waals surface area (Å²) in [6.45, 7) is 5.24. The lowest BCUT2D eigenvalue weighted by Crippen LogP contribution is -2.52. The number of ether oxygens (including phenoxy) is 1. The highest BCUT2D eigenvalue weighted by atomic mass is 19.4. The van der Waals surface area contributed by atoms with Crippen molar-refractivity contribution in [2.24, 2.45) is 10.9 Å². The van der Waals surface area contributed by atoms with Crippen molar-refractivity contribution in [3.8, 4) is 0 Å². The molecule has 6 rings (SSSR count). The predicted octanol–water partition coefficient (Wildman–Crippen LogP) is 4.08. The lowest BCUT2D eigenvalue weighted by molar-refractivity contribution is -0.163. The lowest BCUT2D eigenvalue weighted by atomic mass is 9.76. The van der Waals surface area contributed by atoms with Gasteiger partial charge in [-0.25, -0.2) is 15.0 Å². The average molecular weight is 602 g/mol. The van der Waals surface area contributed by atoms with Crippen LogP contribution in [0.1, 0.15) is 63.8 Å². The van der Waals surface area contributed by atoms with E-state index in [1.165, 1.54) is 33.2 Å². The molecule has 0 unspecified atom stereocenters. The molecule has 3 aromatic rings. The maximum atomic E-state index is 13.6. The van der Waals surface area contributed by atoms with E-state index in [1.54, 1.807) is 0 Å². The molecule has 232 valence electrons. The Morgan fingerprint density at radius 1 is 1.09 bits per heavy atom. The molecule has 4 atom stereocenters. The molecule has 1 saturated heterocycles. The molecule has 13 heteroatoms. The predicted molar refractivity (Wildman–Crippen MR) is 155 cm³/mol. The Bertz CT molecular complexity index is 1510. The van der Waals surface area contributed by atoms with Crippen molar-refractivity contribution < 1.29 is 28.1 Å². The second-order valence-corrected chi connectivity index (χ2v) is 13.2. The molecule has 2 fully saturated rings. The lowest BCUT2D eigenvalue weighted by Gasteiger charge is -2.44. The summed E-state index contributed by atoms with van der Waals surface area (Å²) in [5.41, 5.74) is 11.1. The van der Waals surface area contributed by atoms with Gasteiger partial charge in [0, 0.05) is 24.7 Å². The van der Waals surface area contributed by atoms with E-state index >= 15 is 0 Å². The number of nitrogens with two attached hydrogens (primary N) is 1. The Kier molecular flexibility index (Phi) is 7.72. The van der Waals surface area contributed by atoms with Crippen molar-refractivity contribution >= 4 is 28.4 Å². The normalized spacial score (nSPS) is 27.5. The smallest absolute Gasteiger partial charge is 0.387 e. The van der Waals surface area contributed by atoms with Crippen LogP contribution in [0.15, 0.2) is 35.8 Å². The van der Waals surface area contributed by atoms with Gasteiger partial charge in [0.25, 0.3) is 0 Å². The first kappa shape index (κ1) is 29.9. The summed E-state index contributed by atoms with van der Waals surface area (Å²) in [5, 5.41) is 21.5. The molecule has 0 spiro atoms. The molecule has 1 aliphatic carbocycles. The molecule has 2 aliphatic heterocycles. The Balaban J connectivity index is 1.07. The molecule has 2 aromatic heterocycles. The largest absolute Gasteiger partial charge is 0.401 e. The van der Waals surface area contributed by atoms with E-state index in [-0.39, 0.29) is 23.8 Å². The standard InChI is InChI=1S/C30H38F3N7O3/c1-29(2,3)18-6-5-17-10-19(38-21(17)11-18)7-4-16-8-20(9-16)39(13-30(31,32)33)12-22-24(41)25(42)28(43-22)40-15-37-23-26(34)35-14-36-27(23)40/h5-6,11,14-16,20,22,24-25,28,41-42H,4,7-10,12-13H2,1-3H3,(H2,34,35,36)/t16-,20-,22-,24-,25-,28-/m1/s1. The van der Waals surface area contributed by atoms with Gasteiger partial charge < -0.3 is 20.7 Å². The minimum atomic E-state index is -4.42. The number of halogens is 3. The Morgan fingerprint density at radius 2 is 1.86 bits per heavy atom. The van der Waals surface area contributed by atoms with Crippen molar-refractivity contribution in [1.82, 2.24) is 24.4 Å². The van der Waals surface area contributed by atoms with Gasteiger partial charge in [0.1, 0.15) is 30.2 Å². The zero-order chi connectivity index (χ0) is 30.7. The van der Waals surface area contributed by atoms with Crippen LogP contribution < -0.4 is 5.73 Å². The number of fused-ring (bicyclic) bond motifs is 2. The van der Waals surface area contributed by atoms with Gasteiger partial charge in [0.2, 0.25) is 0 Å². The maximum absolute atomic E-state index is 13.6. The Hall–Kier alpha value is -3.13. The van der Waals surface area contributed by atoms with Crippen LogP contribution >= 0.6 is 0 Å². The summed E-state index contributed by atoms with van der Waals surface area (Å²) in [7, 11) is 0. The van der Waals surface area contributed by atoms with Crippen LogP contribution in [-0.2, 0) is 16.6 Å². The van der Waals surface area contributed by atoms with Gasteiger partial charge in [-0.15, -0.1) is 0 Å². The number of aliphatic hydroxyl groups excluding tert-OH is 2. The van der Waals surface area contributed by atoms with Crippen LogP contribution in [0, 0.1) is 5.92 Å². The number of nitrogen functional groups attached to an aromatic ring is 1. The number of aliphatic imine (C=N–C) groups is 1. The van der Waals surface area contributed by atoms with Crippen LogP contribution in [0.3, 0.4) is 0 Å². The summed E-state index contributed by atoms with van der Waals surface area (Å²) < 4.78 is 48.2. The zero-order valence-electron chi connectivity index (χ0n) is 24.5. The first-order chi connectivity index (χ1) is 20.3. The summed E-state index contributed by atoms with van der Waals surface area (Å²) >= 11 is 0. The molecule has 0 bridgehead atoms. The van der Waals surface area contributed by atoms with Gasteiger partial charge in [-0.05, 0) is 54.2 Å². The van der Waals surface area contributed by atoms with Gasteiger partial charge in [-0.1, -0.05) is 32.9 Å². The number of rotatable bonds is 8. The van der Waals surface area contributed by atoms with Crippen molar-refractivity contribution in [2.45, 2.75) is 95.0 Å². The van der Waals surface area contributed by atoms with Crippen LogP contribution in [0.4, 0.5) is 24.7 Å². The minimum Gasteiger partial charge on any atom is -0.387 e. The first-order valence-electron chi connectivity index (χ1n) is 14.7. The SMILES string of the molecule is CC(C)(C)c1ccc2c(c1)N=C(CC[C@H]1C[C@H](N(C[C@H]3O[C@@H](n4cnc5c(N)ncnc54)[C@H](O)[C@@H]3O)CC(F)(F)F)C1)C2. The number of benzene rings is 1. The van der Waals surface area contributed by atoms with Crippen LogP contribution in [0.2, 0.25) is 0 Å². The highest BCUT2D eigenvalue weighted by molar-refractivity contribution is 5.94. The molecule has 4 N–H and O–H groups in total. The number of hydrogen-bond acceptors (Lipinski definition) is 9. The topological polar surface area (TPSA) is 135 Å².